The van der Waals surface area contributed by atoms with Crippen LogP contribution >= 0.6 is 15.9 Å². The van der Waals surface area contributed by atoms with E-state index in [2.05, 4.69) is 21.2 Å². The summed E-state index contributed by atoms with van der Waals surface area (Å²) in [6.07, 6.45) is 1.47. The second-order valence-electron chi connectivity index (χ2n) is 7.02. The molecule has 8 heteroatoms. The maximum atomic E-state index is 13.1. The van der Waals surface area contributed by atoms with Gasteiger partial charge in [-0.25, -0.2) is 4.39 Å². The first-order valence-corrected chi connectivity index (χ1v) is 11.1. The minimum Gasteiger partial charge on any atom is -0.497 e. The standard InChI is InChI=1S/C26H22BrFN2O4/c1-3-33-24-13-18(23(27)14-25(24)34-16-17-4-6-20(28)7-5-17)12-19(15-29)26(31)30-21-8-10-22(32-2)11-9-21/h4-14H,3,16H2,1-2H3,(H,30,31)/b19-12+. The van der Waals surface area contributed by atoms with E-state index in [0.29, 0.717) is 39.6 Å². The molecule has 0 aliphatic rings. The third-order valence-electron chi connectivity index (χ3n) is 4.68. The summed E-state index contributed by atoms with van der Waals surface area (Å²) in [7, 11) is 1.55. The Hall–Kier alpha value is -3.83. The van der Waals surface area contributed by atoms with Crippen molar-refractivity contribution in [1.29, 1.82) is 5.26 Å². The Balaban J connectivity index is 1.82. The zero-order valence-corrected chi connectivity index (χ0v) is 20.2. The monoisotopic (exact) mass is 524 g/mol. The molecule has 1 N–H and O–H groups in total. The van der Waals surface area contributed by atoms with Crippen LogP contribution in [0.5, 0.6) is 17.2 Å². The van der Waals surface area contributed by atoms with Crippen molar-refractivity contribution in [2.75, 3.05) is 19.0 Å². The normalized spacial score (nSPS) is 10.9. The van der Waals surface area contributed by atoms with Gasteiger partial charge in [-0.15, -0.1) is 0 Å². The summed E-state index contributed by atoms with van der Waals surface area (Å²) in [5.74, 6) is 0.711. The molecule has 0 bridgehead atoms. The lowest BCUT2D eigenvalue weighted by Gasteiger charge is -2.14. The van der Waals surface area contributed by atoms with Crippen LogP contribution in [0, 0.1) is 17.1 Å². The summed E-state index contributed by atoms with van der Waals surface area (Å²) in [6.45, 7) is 2.45. The summed E-state index contributed by atoms with van der Waals surface area (Å²) in [5.41, 5.74) is 1.81. The quantitative estimate of drug-likeness (QED) is 0.269. The largest absolute Gasteiger partial charge is 0.497 e. The summed E-state index contributed by atoms with van der Waals surface area (Å²) >= 11 is 3.47. The van der Waals surface area contributed by atoms with Crippen LogP contribution < -0.4 is 19.5 Å². The number of nitriles is 1. The highest BCUT2D eigenvalue weighted by atomic mass is 79.9. The molecule has 0 saturated heterocycles. The molecule has 3 aromatic rings. The number of carbonyl (C=O) groups is 1. The van der Waals surface area contributed by atoms with Gasteiger partial charge >= 0.3 is 0 Å². The predicted octanol–water partition coefficient (Wildman–Crippen LogP) is 6.12. The van der Waals surface area contributed by atoms with Gasteiger partial charge in [0.2, 0.25) is 0 Å². The van der Waals surface area contributed by atoms with Gasteiger partial charge in [0.25, 0.3) is 5.91 Å². The zero-order chi connectivity index (χ0) is 24.5. The molecule has 174 valence electrons. The topological polar surface area (TPSA) is 80.6 Å². The van der Waals surface area contributed by atoms with Crippen molar-refractivity contribution in [1.82, 2.24) is 0 Å². The summed E-state index contributed by atoms with van der Waals surface area (Å²) in [6, 6.07) is 18.1. The molecule has 34 heavy (non-hydrogen) atoms. The maximum absolute atomic E-state index is 13.1. The van der Waals surface area contributed by atoms with Gasteiger partial charge in [0, 0.05) is 10.2 Å². The lowest BCUT2D eigenvalue weighted by atomic mass is 10.1. The van der Waals surface area contributed by atoms with Crippen molar-refractivity contribution in [2.24, 2.45) is 0 Å². The van der Waals surface area contributed by atoms with Crippen LogP contribution in [-0.2, 0) is 11.4 Å². The highest BCUT2D eigenvalue weighted by Gasteiger charge is 2.14. The SMILES string of the molecule is CCOc1cc(/C=C(\C#N)C(=O)Nc2ccc(OC)cc2)c(Br)cc1OCc1ccc(F)cc1. The van der Waals surface area contributed by atoms with E-state index in [1.54, 1.807) is 55.6 Å². The number of nitrogens with one attached hydrogen (secondary N) is 1. The Bertz CT molecular complexity index is 1220. The number of amides is 1. The number of methoxy groups -OCH3 is 1. The molecule has 3 aromatic carbocycles. The Morgan fingerprint density at radius 3 is 2.38 bits per heavy atom. The molecule has 0 aliphatic carbocycles. The van der Waals surface area contributed by atoms with Gasteiger partial charge in [-0.3, -0.25) is 4.79 Å². The van der Waals surface area contributed by atoms with Crippen LogP contribution in [0.1, 0.15) is 18.1 Å². The van der Waals surface area contributed by atoms with E-state index in [9.17, 15) is 14.4 Å². The number of halogens is 2. The molecule has 0 heterocycles. The van der Waals surface area contributed by atoms with Gasteiger partial charge in [-0.05, 0) is 72.7 Å². The number of ether oxygens (including phenoxy) is 3. The number of nitrogens with zero attached hydrogens (tertiary/aromatic N) is 1. The van der Waals surface area contributed by atoms with E-state index in [1.165, 1.54) is 18.2 Å². The van der Waals surface area contributed by atoms with Crippen LogP contribution in [0.4, 0.5) is 10.1 Å². The van der Waals surface area contributed by atoms with E-state index < -0.39 is 5.91 Å². The van der Waals surface area contributed by atoms with Crippen molar-refractivity contribution < 1.29 is 23.4 Å². The van der Waals surface area contributed by atoms with Crippen molar-refractivity contribution in [2.45, 2.75) is 13.5 Å². The molecule has 0 unspecified atom stereocenters. The number of carbonyl (C=O) groups excluding carboxylic acids is 1. The van der Waals surface area contributed by atoms with Crippen LogP contribution in [0.2, 0.25) is 0 Å². The van der Waals surface area contributed by atoms with Crippen molar-refractivity contribution >= 4 is 33.6 Å². The fraction of sp³-hybridized carbons (Fsp3) is 0.154. The summed E-state index contributed by atoms with van der Waals surface area (Å²) < 4.78 is 30.4. The summed E-state index contributed by atoms with van der Waals surface area (Å²) in [5, 5.41) is 12.3. The van der Waals surface area contributed by atoms with Gasteiger partial charge < -0.3 is 19.5 Å². The summed E-state index contributed by atoms with van der Waals surface area (Å²) in [4.78, 5) is 12.6. The Morgan fingerprint density at radius 2 is 1.76 bits per heavy atom. The van der Waals surface area contributed by atoms with Crippen LogP contribution in [0.3, 0.4) is 0 Å². The van der Waals surface area contributed by atoms with Gasteiger partial charge in [-0.2, -0.15) is 5.26 Å². The first-order valence-electron chi connectivity index (χ1n) is 10.3. The molecule has 0 atom stereocenters. The van der Waals surface area contributed by atoms with Crippen LogP contribution in [0.25, 0.3) is 6.08 Å². The minimum absolute atomic E-state index is 0.0843. The molecular weight excluding hydrogens is 503 g/mol. The van der Waals surface area contributed by atoms with Crippen molar-refractivity contribution in [3.8, 4) is 23.3 Å². The molecule has 6 nitrogen and oxygen atoms in total. The van der Waals surface area contributed by atoms with E-state index in [0.717, 1.165) is 5.56 Å². The van der Waals surface area contributed by atoms with Crippen LogP contribution in [0.15, 0.2) is 70.7 Å². The Morgan fingerprint density at radius 1 is 1.09 bits per heavy atom. The molecule has 0 spiro atoms. The van der Waals surface area contributed by atoms with Crippen LogP contribution in [-0.4, -0.2) is 19.6 Å². The number of hydrogen-bond donors (Lipinski definition) is 1. The van der Waals surface area contributed by atoms with Gasteiger partial charge in [0.1, 0.15) is 29.8 Å². The fourth-order valence-corrected chi connectivity index (χ4v) is 3.40. The number of benzene rings is 3. The molecule has 1 amide bonds. The van der Waals surface area contributed by atoms with Gasteiger partial charge in [-0.1, -0.05) is 28.1 Å². The number of hydrogen-bond acceptors (Lipinski definition) is 5. The molecule has 0 saturated carbocycles. The first kappa shape index (κ1) is 24.8. The van der Waals surface area contributed by atoms with Gasteiger partial charge in [0.05, 0.1) is 13.7 Å². The van der Waals surface area contributed by atoms with E-state index >= 15 is 0 Å². The average molecular weight is 525 g/mol. The molecule has 0 radical (unpaired) electrons. The second-order valence-corrected chi connectivity index (χ2v) is 7.88. The van der Waals surface area contributed by atoms with E-state index in [-0.39, 0.29) is 18.0 Å². The maximum Gasteiger partial charge on any atom is 0.266 e. The molecule has 3 rings (SSSR count). The minimum atomic E-state index is -0.547. The predicted molar refractivity (Wildman–Crippen MR) is 131 cm³/mol. The van der Waals surface area contributed by atoms with E-state index in [1.807, 2.05) is 13.0 Å². The van der Waals surface area contributed by atoms with E-state index in [4.69, 9.17) is 14.2 Å². The third-order valence-corrected chi connectivity index (χ3v) is 5.37. The first-order chi connectivity index (χ1) is 16.4. The highest BCUT2D eigenvalue weighted by molar-refractivity contribution is 9.10. The Kier molecular flexibility index (Phi) is 8.66. The number of anilines is 1. The van der Waals surface area contributed by atoms with Crippen molar-refractivity contribution in [3.05, 3.63) is 87.7 Å². The molecule has 0 aromatic heterocycles. The lowest BCUT2D eigenvalue weighted by Crippen LogP contribution is -2.13. The number of rotatable bonds is 9. The van der Waals surface area contributed by atoms with Gasteiger partial charge in [0.15, 0.2) is 11.5 Å². The molecule has 0 fully saturated rings. The smallest absolute Gasteiger partial charge is 0.266 e. The molecule has 0 aliphatic heterocycles. The van der Waals surface area contributed by atoms with Crippen molar-refractivity contribution in [3.63, 3.8) is 0 Å². The molecular formula is C26H22BrFN2O4. The third kappa shape index (κ3) is 6.59. The average Bonchev–Trinajstić information content (AvgIpc) is 2.84. The second kappa shape index (κ2) is 11.9. The highest BCUT2D eigenvalue weighted by Crippen LogP contribution is 2.35. The zero-order valence-electron chi connectivity index (χ0n) is 18.6. The lowest BCUT2D eigenvalue weighted by molar-refractivity contribution is -0.112. The Labute approximate surface area is 205 Å². The fourth-order valence-electron chi connectivity index (χ4n) is 2.96.